The molecule has 0 spiro atoms. The summed E-state index contributed by atoms with van der Waals surface area (Å²) >= 11 is 2.13. The maximum absolute atomic E-state index is 3.88. The normalized spacial score (nSPS) is 27.8. The van der Waals surface area contributed by atoms with Gasteiger partial charge in [-0.3, -0.25) is 0 Å². The van der Waals surface area contributed by atoms with Crippen LogP contribution in [0.2, 0.25) is 0 Å². The third kappa shape index (κ3) is 3.67. The molecule has 88 valence electrons. The molecule has 1 aliphatic heterocycles. The lowest BCUT2D eigenvalue weighted by atomic mass is 9.91. The molecule has 15 heavy (non-hydrogen) atoms. The average Bonchev–Trinajstić information content (AvgIpc) is 2.31. The minimum absolute atomic E-state index is 0.758. The topological polar surface area (TPSA) is 12.0 Å². The summed E-state index contributed by atoms with van der Waals surface area (Å²) in [4.78, 5) is 0. The molecule has 2 heteroatoms. The van der Waals surface area contributed by atoms with Gasteiger partial charge in [-0.25, -0.2) is 0 Å². The number of hydrogen-bond donors (Lipinski definition) is 1. The Hall–Kier alpha value is 0.310. The Labute approximate surface area is 98.8 Å². The Bertz CT molecular complexity index is 171. The van der Waals surface area contributed by atoms with Crippen LogP contribution < -0.4 is 5.32 Å². The predicted octanol–water partition coefficient (Wildman–Crippen LogP) is 3.44. The number of thioether (sulfide) groups is 1. The SMILES string of the molecule is CC(NC1CCCCC1)C1CCSCC1. The molecule has 0 amide bonds. The van der Waals surface area contributed by atoms with Crippen LogP contribution in [0.1, 0.15) is 51.9 Å². The molecule has 1 aliphatic carbocycles. The van der Waals surface area contributed by atoms with E-state index in [1.165, 1.54) is 56.5 Å². The molecule has 2 aliphatic rings. The Morgan fingerprint density at radius 3 is 2.33 bits per heavy atom. The van der Waals surface area contributed by atoms with Crippen LogP contribution >= 0.6 is 11.8 Å². The molecule has 1 atom stereocenters. The lowest BCUT2D eigenvalue weighted by Crippen LogP contribution is -2.42. The molecule has 1 unspecified atom stereocenters. The molecular weight excluding hydrogens is 202 g/mol. The zero-order valence-corrected chi connectivity index (χ0v) is 10.8. The van der Waals surface area contributed by atoms with E-state index in [2.05, 4.69) is 24.0 Å². The van der Waals surface area contributed by atoms with Crippen molar-refractivity contribution in [2.24, 2.45) is 5.92 Å². The summed E-state index contributed by atoms with van der Waals surface area (Å²) in [6.45, 7) is 2.41. The van der Waals surface area contributed by atoms with E-state index in [-0.39, 0.29) is 0 Å². The predicted molar refractivity (Wildman–Crippen MR) is 69.5 cm³/mol. The minimum atomic E-state index is 0.758. The fraction of sp³-hybridized carbons (Fsp3) is 1.00. The van der Waals surface area contributed by atoms with Crippen LogP contribution in [0.15, 0.2) is 0 Å². The number of hydrogen-bond acceptors (Lipinski definition) is 2. The molecular formula is C13H25NS. The summed E-state index contributed by atoms with van der Waals surface area (Å²) in [5, 5.41) is 3.88. The lowest BCUT2D eigenvalue weighted by molar-refractivity contribution is 0.281. The highest BCUT2D eigenvalue weighted by Gasteiger charge is 2.23. The van der Waals surface area contributed by atoms with Crippen molar-refractivity contribution in [3.63, 3.8) is 0 Å². The summed E-state index contributed by atoms with van der Waals surface area (Å²) in [6, 6.07) is 1.59. The summed E-state index contributed by atoms with van der Waals surface area (Å²) in [7, 11) is 0. The van der Waals surface area contributed by atoms with E-state index in [0.29, 0.717) is 0 Å². The molecule has 1 heterocycles. The van der Waals surface area contributed by atoms with Crippen molar-refractivity contribution >= 4 is 11.8 Å². The quantitative estimate of drug-likeness (QED) is 0.792. The second kappa shape index (κ2) is 6.15. The molecule has 0 aromatic rings. The van der Waals surface area contributed by atoms with Crippen LogP contribution in [-0.4, -0.2) is 23.6 Å². The molecule has 1 nitrogen and oxygen atoms in total. The molecule has 2 fully saturated rings. The van der Waals surface area contributed by atoms with Crippen LogP contribution in [0, 0.1) is 5.92 Å². The van der Waals surface area contributed by atoms with Crippen molar-refractivity contribution in [3.8, 4) is 0 Å². The Balaban J connectivity index is 1.72. The highest BCUT2D eigenvalue weighted by Crippen LogP contribution is 2.26. The van der Waals surface area contributed by atoms with Gasteiger partial charge in [0.1, 0.15) is 0 Å². The maximum atomic E-state index is 3.88. The Morgan fingerprint density at radius 2 is 1.67 bits per heavy atom. The second-order valence-corrected chi connectivity index (χ2v) is 6.46. The molecule has 0 bridgehead atoms. The minimum Gasteiger partial charge on any atom is -0.311 e. The average molecular weight is 227 g/mol. The van der Waals surface area contributed by atoms with E-state index in [0.717, 1.165) is 18.0 Å². The largest absolute Gasteiger partial charge is 0.311 e. The van der Waals surface area contributed by atoms with E-state index in [4.69, 9.17) is 0 Å². The Kier molecular flexibility index (Phi) is 4.83. The number of nitrogens with one attached hydrogen (secondary N) is 1. The summed E-state index contributed by atoms with van der Waals surface area (Å²) in [5.74, 6) is 3.73. The van der Waals surface area contributed by atoms with E-state index >= 15 is 0 Å². The smallest absolute Gasteiger partial charge is 0.00701 e. The molecule has 0 aromatic heterocycles. The molecule has 0 aromatic carbocycles. The van der Waals surface area contributed by atoms with Crippen LogP contribution in [0.4, 0.5) is 0 Å². The lowest BCUT2D eigenvalue weighted by Gasteiger charge is -2.33. The van der Waals surface area contributed by atoms with E-state index < -0.39 is 0 Å². The van der Waals surface area contributed by atoms with Gasteiger partial charge >= 0.3 is 0 Å². The third-order valence-corrected chi connectivity index (χ3v) is 5.13. The van der Waals surface area contributed by atoms with Gasteiger partial charge in [-0.2, -0.15) is 11.8 Å². The fourth-order valence-electron chi connectivity index (χ4n) is 2.99. The zero-order chi connectivity index (χ0) is 10.5. The maximum Gasteiger partial charge on any atom is 0.00701 e. The first-order chi connectivity index (χ1) is 7.36. The monoisotopic (exact) mass is 227 g/mol. The van der Waals surface area contributed by atoms with Gasteiger partial charge < -0.3 is 5.32 Å². The van der Waals surface area contributed by atoms with Gasteiger partial charge in [0.25, 0.3) is 0 Å². The fourth-order valence-corrected chi connectivity index (χ4v) is 4.14. The first-order valence-electron chi connectivity index (χ1n) is 6.70. The van der Waals surface area contributed by atoms with Crippen LogP contribution in [0.5, 0.6) is 0 Å². The van der Waals surface area contributed by atoms with Crippen LogP contribution in [-0.2, 0) is 0 Å². The standard InChI is InChI=1S/C13H25NS/c1-11(12-7-9-15-10-8-12)14-13-5-3-2-4-6-13/h11-14H,2-10H2,1H3. The highest BCUT2D eigenvalue weighted by molar-refractivity contribution is 7.99. The Morgan fingerprint density at radius 1 is 1.00 bits per heavy atom. The molecule has 1 saturated carbocycles. The van der Waals surface area contributed by atoms with Gasteiger partial charge in [0.05, 0.1) is 0 Å². The van der Waals surface area contributed by atoms with Gasteiger partial charge in [-0.1, -0.05) is 19.3 Å². The second-order valence-electron chi connectivity index (χ2n) is 5.24. The van der Waals surface area contributed by atoms with Crippen molar-refractivity contribution in [3.05, 3.63) is 0 Å². The first-order valence-corrected chi connectivity index (χ1v) is 7.85. The first kappa shape index (κ1) is 11.8. The summed E-state index contributed by atoms with van der Waals surface area (Å²) in [5.41, 5.74) is 0. The van der Waals surface area contributed by atoms with Crippen molar-refractivity contribution in [1.82, 2.24) is 5.32 Å². The molecule has 1 N–H and O–H groups in total. The van der Waals surface area contributed by atoms with Crippen molar-refractivity contribution < 1.29 is 0 Å². The van der Waals surface area contributed by atoms with Crippen LogP contribution in [0.3, 0.4) is 0 Å². The van der Waals surface area contributed by atoms with Crippen molar-refractivity contribution in [2.45, 2.75) is 64.0 Å². The molecule has 2 rings (SSSR count). The van der Waals surface area contributed by atoms with Crippen molar-refractivity contribution in [1.29, 1.82) is 0 Å². The number of rotatable bonds is 3. The summed E-state index contributed by atoms with van der Waals surface area (Å²) in [6.07, 6.45) is 10.1. The molecule has 0 radical (unpaired) electrons. The van der Waals surface area contributed by atoms with Gasteiger partial charge in [0.2, 0.25) is 0 Å². The third-order valence-electron chi connectivity index (χ3n) is 4.08. The zero-order valence-electron chi connectivity index (χ0n) is 10.0. The van der Waals surface area contributed by atoms with Crippen molar-refractivity contribution in [2.75, 3.05) is 11.5 Å². The van der Waals surface area contributed by atoms with Gasteiger partial charge in [0.15, 0.2) is 0 Å². The van der Waals surface area contributed by atoms with E-state index in [1.54, 1.807) is 0 Å². The van der Waals surface area contributed by atoms with Gasteiger partial charge in [0, 0.05) is 12.1 Å². The van der Waals surface area contributed by atoms with E-state index in [9.17, 15) is 0 Å². The van der Waals surface area contributed by atoms with Gasteiger partial charge in [-0.05, 0) is 50.0 Å². The summed E-state index contributed by atoms with van der Waals surface area (Å²) < 4.78 is 0. The highest BCUT2D eigenvalue weighted by atomic mass is 32.2. The molecule has 1 saturated heterocycles. The van der Waals surface area contributed by atoms with Crippen LogP contribution in [0.25, 0.3) is 0 Å². The van der Waals surface area contributed by atoms with E-state index in [1.807, 2.05) is 0 Å². The van der Waals surface area contributed by atoms with Gasteiger partial charge in [-0.15, -0.1) is 0 Å².